The molecule has 1 N–H and O–H groups in total. The van der Waals surface area contributed by atoms with Gasteiger partial charge in [0.2, 0.25) is 21.8 Å². The zero-order valence-corrected chi connectivity index (χ0v) is 22.6. The molecule has 0 aromatic heterocycles. The van der Waals surface area contributed by atoms with Crippen molar-refractivity contribution in [2.24, 2.45) is 0 Å². The van der Waals surface area contributed by atoms with Crippen LogP contribution < -0.4 is 14.4 Å². The van der Waals surface area contributed by atoms with Crippen LogP contribution in [0.4, 0.5) is 5.69 Å². The second-order valence-electron chi connectivity index (χ2n) is 8.52. The molecule has 192 valence electrons. The van der Waals surface area contributed by atoms with Crippen molar-refractivity contribution in [3.63, 3.8) is 0 Å². The van der Waals surface area contributed by atoms with Crippen molar-refractivity contribution in [1.82, 2.24) is 10.2 Å². The summed E-state index contributed by atoms with van der Waals surface area (Å²) in [7, 11) is -2.27. The second kappa shape index (κ2) is 12.3. The predicted octanol–water partition coefficient (Wildman–Crippen LogP) is 3.76. The summed E-state index contributed by atoms with van der Waals surface area (Å²) in [6.45, 7) is 6.80. The van der Waals surface area contributed by atoms with Crippen molar-refractivity contribution in [2.45, 2.75) is 52.7 Å². The molecule has 0 saturated carbocycles. The number of hydrogen-bond donors (Lipinski definition) is 1. The molecule has 2 rings (SSSR count). The van der Waals surface area contributed by atoms with Crippen LogP contribution in [-0.2, 0) is 26.2 Å². The van der Waals surface area contributed by atoms with E-state index in [1.54, 1.807) is 63.4 Å². The molecule has 0 aliphatic carbocycles. The van der Waals surface area contributed by atoms with Gasteiger partial charge in [-0.3, -0.25) is 13.9 Å². The van der Waals surface area contributed by atoms with E-state index in [4.69, 9.17) is 16.3 Å². The quantitative estimate of drug-likeness (QED) is 0.484. The molecule has 8 nitrogen and oxygen atoms in total. The molecule has 0 heterocycles. The number of hydrogen-bond acceptors (Lipinski definition) is 5. The highest BCUT2D eigenvalue weighted by Gasteiger charge is 2.31. The van der Waals surface area contributed by atoms with Gasteiger partial charge in [0.25, 0.3) is 0 Å². The minimum absolute atomic E-state index is 0.0653. The number of anilines is 1. The maximum Gasteiger partial charge on any atom is 0.244 e. The molecular formula is C25H34ClN3O5S. The van der Waals surface area contributed by atoms with Crippen LogP contribution in [0.1, 0.15) is 38.3 Å². The van der Waals surface area contributed by atoms with Crippen LogP contribution in [0.15, 0.2) is 42.5 Å². The molecule has 0 fully saturated rings. The van der Waals surface area contributed by atoms with Gasteiger partial charge in [-0.05, 0) is 62.6 Å². The lowest BCUT2D eigenvalue weighted by molar-refractivity contribution is -0.139. The lowest BCUT2D eigenvalue weighted by atomic mass is 10.1. The van der Waals surface area contributed by atoms with E-state index in [0.717, 1.165) is 22.5 Å². The van der Waals surface area contributed by atoms with Gasteiger partial charge in [-0.2, -0.15) is 0 Å². The number of halogens is 1. The van der Waals surface area contributed by atoms with E-state index in [2.05, 4.69) is 5.32 Å². The van der Waals surface area contributed by atoms with Crippen molar-refractivity contribution >= 4 is 39.1 Å². The fourth-order valence-corrected chi connectivity index (χ4v) is 4.51. The number of carbonyl (C=O) groups excluding carboxylic acids is 2. The summed E-state index contributed by atoms with van der Waals surface area (Å²) in [5.41, 5.74) is 1.62. The highest BCUT2D eigenvalue weighted by atomic mass is 35.5. The summed E-state index contributed by atoms with van der Waals surface area (Å²) in [4.78, 5) is 27.9. The largest absolute Gasteiger partial charge is 0.497 e. The molecule has 0 unspecified atom stereocenters. The van der Waals surface area contributed by atoms with Crippen LogP contribution in [0.2, 0.25) is 5.02 Å². The summed E-state index contributed by atoms with van der Waals surface area (Å²) >= 11 is 6.21. The second-order valence-corrected chi connectivity index (χ2v) is 10.8. The third kappa shape index (κ3) is 7.60. The molecule has 2 atom stereocenters. The fourth-order valence-electron chi connectivity index (χ4n) is 3.44. The van der Waals surface area contributed by atoms with Gasteiger partial charge < -0.3 is 15.0 Å². The Balaban J connectivity index is 2.42. The van der Waals surface area contributed by atoms with Crippen LogP contribution in [0.3, 0.4) is 0 Å². The summed E-state index contributed by atoms with van der Waals surface area (Å²) < 4.78 is 31.6. The molecule has 10 heteroatoms. The normalized spacial score (nSPS) is 13.0. The van der Waals surface area contributed by atoms with E-state index in [0.29, 0.717) is 22.0 Å². The molecule has 2 amide bonds. The van der Waals surface area contributed by atoms with Gasteiger partial charge in [0.15, 0.2) is 0 Å². The van der Waals surface area contributed by atoms with Crippen molar-refractivity contribution < 1.29 is 22.7 Å². The monoisotopic (exact) mass is 523 g/mol. The summed E-state index contributed by atoms with van der Waals surface area (Å²) in [6, 6.07) is 11.1. The zero-order valence-electron chi connectivity index (χ0n) is 21.0. The lowest BCUT2D eigenvalue weighted by Crippen LogP contribution is -2.52. The molecule has 0 spiro atoms. The minimum Gasteiger partial charge on any atom is -0.497 e. The third-order valence-electron chi connectivity index (χ3n) is 5.87. The molecule has 0 saturated heterocycles. The number of nitrogens with one attached hydrogen (secondary N) is 1. The number of rotatable bonds is 11. The summed E-state index contributed by atoms with van der Waals surface area (Å²) in [6.07, 6.45) is 1.77. The van der Waals surface area contributed by atoms with Crippen LogP contribution in [-0.4, -0.2) is 57.1 Å². The first-order valence-electron chi connectivity index (χ1n) is 11.3. The highest BCUT2D eigenvalue weighted by molar-refractivity contribution is 7.92. The van der Waals surface area contributed by atoms with E-state index in [1.807, 2.05) is 13.8 Å². The molecule has 0 aliphatic rings. The van der Waals surface area contributed by atoms with Crippen LogP contribution in [0, 0.1) is 6.92 Å². The molecule has 2 aromatic rings. The van der Waals surface area contributed by atoms with Crippen molar-refractivity contribution in [3.8, 4) is 5.75 Å². The topological polar surface area (TPSA) is 96.0 Å². The average Bonchev–Trinajstić information content (AvgIpc) is 2.81. The van der Waals surface area contributed by atoms with E-state index in [-0.39, 0.29) is 18.5 Å². The summed E-state index contributed by atoms with van der Waals surface area (Å²) in [5.74, 6) is -0.169. The minimum atomic E-state index is -3.83. The van der Waals surface area contributed by atoms with E-state index < -0.39 is 28.5 Å². The first-order chi connectivity index (χ1) is 16.4. The van der Waals surface area contributed by atoms with E-state index in [9.17, 15) is 18.0 Å². The molecule has 0 aliphatic heterocycles. The Hall–Kier alpha value is -2.78. The first-order valence-corrected chi connectivity index (χ1v) is 13.6. The Morgan fingerprint density at radius 3 is 2.29 bits per heavy atom. The number of methoxy groups -OCH3 is 1. The number of nitrogens with zero attached hydrogens (tertiary/aromatic N) is 2. The third-order valence-corrected chi connectivity index (χ3v) is 7.40. The molecule has 35 heavy (non-hydrogen) atoms. The van der Waals surface area contributed by atoms with Crippen LogP contribution in [0.25, 0.3) is 0 Å². The Morgan fingerprint density at radius 2 is 1.74 bits per heavy atom. The molecule has 0 bridgehead atoms. The Morgan fingerprint density at radius 1 is 1.11 bits per heavy atom. The van der Waals surface area contributed by atoms with Gasteiger partial charge in [0, 0.05) is 17.6 Å². The van der Waals surface area contributed by atoms with Crippen molar-refractivity contribution in [3.05, 3.63) is 58.6 Å². The van der Waals surface area contributed by atoms with Gasteiger partial charge >= 0.3 is 0 Å². The average molecular weight is 524 g/mol. The van der Waals surface area contributed by atoms with Crippen molar-refractivity contribution in [2.75, 3.05) is 24.2 Å². The van der Waals surface area contributed by atoms with Crippen LogP contribution >= 0.6 is 11.6 Å². The number of ether oxygens (including phenoxy) is 1. The van der Waals surface area contributed by atoms with Gasteiger partial charge in [-0.1, -0.05) is 36.7 Å². The van der Waals surface area contributed by atoms with Gasteiger partial charge in [-0.15, -0.1) is 0 Å². The SMILES string of the molecule is CC[C@H](C)NC(=O)[C@@H](C)N(Cc1ccc(OC)cc1)C(=O)CN(c1cccc(Cl)c1C)S(C)(=O)=O. The molecule has 2 aromatic carbocycles. The standard InChI is InChI=1S/C25H34ClN3O5S/c1-7-17(2)27-25(31)19(4)28(15-20-11-13-21(34-5)14-12-20)24(30)16-29(35(6,32)33)23-10-8-9-22(26)18(23)3/h8-14,17,19H,7,15-16H2,1-6H3,(H,27,31)/t17-,19+/m0/s1. The molecule has 0 radical (unpaired) electrons. The predicted molar refractivity (Wildman–Crippen MR) is 139 cm³/mol. The van der Waals surface area contributed by atoms with E-state index >= 15 is 0 Å². The summed E-state index contributed by atoms with van der Waals surface area (Å²) in [5, 5.41) is 3.29. The lowest BCUT2D eigenvalue weighted by Gasteiger charge is -2.32. The Labute approximate surface area is 213 Å². The number of carbonyl (C=O) groups is 2. The number of benzene rings is 2. The smallest absolute Gasteiger partial charge is 0.244 e. The maximum atomic E-state index is 13.6. The highest BCUT2D eigenvalue weighted by Crippen LogP contribution is 2.28. The first kappa shape index (κ1) is 28.5. The Kier molecular flexibility index (Phi) is 9.97. The van der Waals surface area contributed by atoms with Gasteiger partial charge in [0.1, 0.15) is 18.3 Å². The Bertz CT molecular complexity index is 1140. The van der Waals surface area contributed by atoms with Crippen molar-refractivity contribution in [1.29, 1.82) is 0 Å². The number of sulfonamides is 1. The zero-order chi connectivity index (χ0) is 26.3. The van der Waals surface area contributed by atoms with Crippen LogP contribution in [0.5, 0.6) is 5.75 Å². The van der Waals surface area contributed by atoms with Gasteiger partial charge in [0.05, 0.1) is 19.1 Å². The number of amides is 2. The maximum absolute atomic E-state index is 13.6. The van der Waals surface area contributed by atoms with Gasteiger partial charge in [-0.25, -0.2) is 8.42 Å². The fraction of sp³-hybridized carbons (Fsp3) is 0.440. The van der Waals surface area contributed by atoms with E-state index in [1.165, 1.54) is 4.90 Å². The molecular weight excluding hydrogens is 490 g/mol.